The van der Waals surface area contributed by atoms with Gasteiger partial charge in [-0.05, 0) is 68.1 Å². The Bertz CT molecular complexity index is 2160. The molecule has 18 nitrogen and oxygen atoms in total. The third-order valence-corrected chi connectivity index (χ3v) is 9.31. The molecular weight excluding hydrogens is 771 g/mol. The van der Waals surface area contributed by atoms with Gasteiger partial charge in [-0.3, -0.25) is 24.0 Å². The summed E-state index contributed by atoms with van der Waals surface area (Å²) in [6, 6.07) is 6.99. The molecule has 0 saturated carbocycles. The molecule has 1 aliphatic heterocycles. The van der Waals surface area contributed by atoms with Crippen molar-refractivity contribution in [3.8, 4) is 40.5 Å². The van der Waals surface area contributed by atoms with Crippen molar-refractivity contribution in [2.75, 3.05) is 46.4 Å². The van der Waals surface area contributed by atoms with Crippen LogP contribution in [-0.4, -0.2) is 109 Å². The van der Waals surface area contributed by atoms with E-state index in [4.69, 9.17) is 31.9 Å². The van der Waals surface area contributed by atoms with Gasteiger partial charge in [0, 0.05) is 49.8 Å². The molecule has 318 valence electrons. The van der Waals surface area contributed by atoms with Gasteiger partial charge in [0.1, 0.15) is 55.4 Å². The number of carbonyl (C=O) groups excluding carboxylic acids is 5. The summed E-state index contributed by atoms with van der Waals surface area (Å²) in [5.74, 6) is 3.56. The molecule has 0 aliphatic carbocycles. The van der Waals surface area contributed by atoms with E-state index < -0.39 is 53.7 Å². The van der Waals surface area contributed by atoms with E-state index in [-0.39, 0.29) is 69.5 Å². The zero-order valence-corrected chi connectivity index (χ0v) is 34.5. The standard InChI is InChI=1S/C42H53N11O7/c1-24(2)6-11-36-48-23-31(25(3)49-36)39(55)51-32(12-13-43)42(58)53(5)37-28-8-10-35(60-19-16-46)30(22-28)29-20-27(7-9-34(29)59-18-15-45)21-33(40(56)47-17-14-44)52-38(54)26(4)50-41(37)57/h7-10,20,22-24,26,32-33,37H,12-13,15-19,21,43,45-46H2,1-5H3,(H,47,56)(H,50,57)(H,51,55)(H,52,54). The lowest BCUT2D eigenvalue weighted by atomic mass is 9.93. The molecular formula is C42H53N11O7. The van der Waals surface area contributed by atoms with E-state index in [2.05, 4.69) is 43.1 Å². The Kier molecular flexibility index (Phi) is 16.9. The van der Waals surface area contributed by atoms with Gasteiger partial charge < -0.3 is 52.8 Å². The van der Waals surface area contributed by atoms with E-state index in [1.165, 1.54) is 25.1 Å². The van der Waals surface area contributed by atoms with Crippen LogP contribution in [0.4, 0.5) is 0 Å². The largest absolute Gasteiger partial charge is 0.492 e. The Morgan fingerprint density at radius 3 is 2.27 bits per heavy atom. The Morgan fingerprint density at radius 2 is 1.65 bits per heavy atom. The number of hydrogen-bond acceptors (Lipinski definition) is 13. The molecule has 3 aromatic rings. The third kappa shape index (κ3) is 12.0. The number of likely N-dealkylation sites (N-methyl/N-ethyl adjacent to an activating group) is 1. The molecule has 4 atom stereocenters. The van der Waals surface area contributed by atoms with Crippen LogP contribution in [0.2, 0.25) is 0 Å². The number of aromatic nitrogens is 2. The first kappa shape index (κ1) is 46.1. The van der Waals surface area contributed by atoms with Gasteiger partial charge in [-0.1, -0.05) is 31.9 Å². The van der Waals surface area contributed by atoms with Crippen molar-refractivity contribution >= 4 is 29.5 Å². The van der Waals surface area contributed by atoms with Crippen molar-refractivity contribution in [1.29, 1.82) is 5.26 Å². The molecule has 60 heavy (non-hydrogen) atoms. The first-order valence-corrected chi connectivity index (χ1v) is 19.5. The molecule has 1 aromatic heterocycles. The predicted octanol–water partition coefficient (Wildman–Crippen LogP) is -0.0332. The summed E-state index contributed by atoms with van der Waals surface area (Å²) in [6.45, 7) is 7.28. The number of hydrogen-bond donors (Lipinski definition) is 7. The Labute approximate surface area is 349 Å². The molecule has 1 aliphatic rings. The van der Waals surface area contributed by atoms with Crippen LogP contribution < -0.4 is 47.9 Å². The number of nitriles is 1. The van der Waals surface area contributed by atoms with Gasteiger partial charge in [0.15, 0.2) is 0 Å². The molecule has 2 aromatic carbocycles. The van der Waals surface area contributed by atoms with E-state index in [0.29, 0.717) is 39.4 Å². The Hall–Kier alpha value is -6.60. The summed E-state index contributed by atoms with van der Waals surface area (Å²) >= 11 is 0. The highest BCUT2D eigenvalue weighted by Crippen LogP contribution is 2.40. The smallest absolute Gasteiger partial charge is 0.255 e. The van der Waals surface area contributed by atoms with E-state index in [1.54, 1.807) is 43.3 Å². The number of benzene rings is 2. The van der Waals surface area contributed by atoms with Crippen molar-refractivity contribution in [2.24, 2.45) is 23.1 Å². The highest BCUT2D eigenvalue weighted by molar-refractivity contribution is 5.99. The van der Waals surface area contributed by atoms with E-state index in [9.17, 15) is 24.0 Å². The average molecular weight is 824 g/mol. The van der Waals surface area contributed by atoms with Crippen molar-refractivity contribution in [1.82, 2.24) is 36.1 Å². The Balaban J connectivity index is 1.85. The van der Waals surface area contributed by atoms with Crippen molar-refractivity contribution in [2.45, 2.75) is 64.7 Å². The van der Waals surface area contributed by atoms with Crippen LogP contribution in [-0.2, 0) is 25.6 Å². The molecule has 2 heterocycles. The number of carbonyl (C=O) groups is 5. The summed E-state index contributed by atoms with van der Waals surface area (Å²) in [5, 5.41) is 19.7. The molecule has 4 rings (SSSR count). The van der Waals surface area contributed by atoms with Crippen LogP contribution in [0.1, 0.15) is 66.2 Å². The van der Waals surface area contributed by atoms with Crippen LogP contribution >= 0.6 is 0 Å². The fourth-order valence-corrected chi connectivity index (χ4v) is 6.32. The molecule has 4 bridgehead atoms. The topological polar surface area (TPSA) is 283 Å². The van der Waals surface area contributed by atoms with Gasteiger partial charge in [-0.2, -0.15) is 5.26 Å². The maximum Gasteiger partial charge on any atom is 0.255 e. The van der Waals surface area contributed by atoms with Crippen molar-refractivity contribution in [3.05, 3.63) is 70.8 Å². The molecule has 5 amide bonds. The van der Waals surface area contributed by atoms with E-state index in [1.807, 2.05) is 19.9 Å². The number of aryl methyl sites for hydroxylation is 1. The zero-order valence-electron chi connectivity index (χ0n) is 34.5. The number of fused-ring (bicyclic) bond motifs is 5. The summed E-state index contributed by atoms with van der Waals surface area (Å²) in [4.78, 5) is 79.2. The minimum Gasteiger partial charge on any atom is -0.492 e. The van der Waals surface area contributed by atoms with Crippen molar-refractivity contribution < 1.29 is 33.4 Å². The molecule has 0 saturated heterocycles. The lowest BCUT2D eigenvalue weighted by Crippen LogP contribution is -2.56. The molecule has 0 radical (unpaired) electrons. The molecule has 0 spiro atoms. The average Bonchev–Trinajstić information content (AvgIpc) is 3.22. The van der Waals surface area contributed by atoms with Gasteiger partial charge >= 0.3 is 0 Å². The lowest BCUT2D eigenvalue weighted by molar-refractivity contribution is -0.141. The van der Waals surface area contributed by atoms with Gasteiger partial charge in [0.25, 0.3) is 5.91 Å². The highest BCUT2D eigenvalue weighted by Gasteiger charge is 2.36. The normalized spacial score (nSPS) is 16.7. The van der Waals surface area contributed by atoms with Crippen LogP contribution in [0.25, 0.3) is 11.1 Å². The Morgan fingerprint density at radius 1 is 0.983 bits per heavy atom. The minimum atomic E-state index is -1.40. The van der Waals surface area contributed by atoms with Crippen LogP contribution in [0, 0.1) is 36.0 Å². The van der Waals surface area contributed by atoms with Crippen LogP contribution in [0.3, 0.4) is 0 Å². The van der Waals surface area contributed by atoms with Crippen LogP contribution in [0.15, 0.2) is 42.6 Å². The molecule has 18 heteroatoms. The number of nitrogens with zero attached hydrogens (tertiary/aromatic N) is 4. The highest BCUT2D eigenvalue weighted by atomic mass is 16.5. The maximum absolute atomic E-state index is 14.5. The SMILES string of the molecule is Cc1nc(C#CC(C)C)ncc1C(=O)NC(CCN)C(=O)N(C)C1C(=O)NC(C)C(=O)NC(C(=O)NCC#N)Cc2ccc(OCCN)c(c2)-c2cc1ccc2OCCN. The van der Waals surface area contributed by atoms with E-state index in [0.717, 1.165) is 0 Å². The predicted molar refractivity (Wildman–Crippen MR) is 222 cm³/mol. The quantitative estimate of drug-likeness (QED) is 0.0832. The number of rotatable bonds is 14. The number of ether oxygens (including phenoxy) is 2. The summed E-state index contributed by atoms with van der Waals surface area (Å²) in [7, 11) is 1.40. The zero-order chi connectivity index (χ0) is 43.9. The van der Waals surface area contributed by atoms with Gasteiger partial charge in [-0.25, -0.2) is 9.97 Å². The summed E-state index contributed by atoms with van der Waals surface area (Å²) in [6.07, 6.45) is 1.34. The summed E-state index contributed by atoms with van der Waals surface area (Å²) < 4.78 is 12.1. The molecule has 4 unspecified atom stereocenters. The second-order valence-electron chi connectivity index (χ2n) is 14.3. The number of amides is 5. The molecule has 10 N–H and O–H groups in total. The fourth-order valence-electron chi connectivity index (χ4n) is 6.32. The third-order valence-electron chi connectivity index (χ3n) is 9.31. The van der Waals surface area contributed by atoms with Crippen molar-refractivity contribution in [3.63, 3.8) is 0 Å². The van der Waals surface area contributed by atoms with Gasteiger partial charge in [0.05, 0.1) is 17.3 Å². The second-order valence-corrected chi connectivity index (χ2v) is 14.3. The van der Waals surface area contributed by atoms with E-state index >= 15 is 0 Å². The minimum absolute atomic E-state index is 0.000161. The maximum atomic E-state index is 14.5. The fraction of sp³-hybridized carbons (Fsp3) is 0.429. The lowest BCUT2D eigenvalue weighted by Gasteiger charge is -2.32. The molecule has 0 fully saturated rings. The second kappa shape index (κ2) is 22.0. The number of nitrogens with one attached hydrogen (secondary N) is 4. The first-order chi connectivity index (χ1) is 28.7. The van der Waals surface area contributed by atoms with Gasteiger partial charge in [-0.15, -0.1) is 0 Å². The van der Waals surface area contributed by atoms with Crippen LogP contribution in [0.5, 0.6) is 11.5 Å². The van der Waals surface area contributed by atoms with Gasteiger partial charge in [0.2, 0.25) is 29.5 Å². The number of nitrogens with two attached hydrogens (primary N) is 3. The first-order valence-electron chi connectivity index (χ1n) is 19.5. The monoisotopic (exact) mass is 823 g/mol. The summed E-state index contributed by atoms with van der Waals surface area (Å²) in [5.41, 5.74) is 19.9.